The van der Waals surface area contributed by atoms with E-state index in [0.717, 1.165) is 44.4 Å². The van der Waals surface area contributed by atoms with E-state index in [1.807, 2.05) is 12.1 Å². The van der Waals surface area contributed by atoms with Gasteiger partial charge >= 0.3 is 0 Å². The normalized spacial score (nSPS) is 11.8. The predicted molar refractivity (Wildman–Crippen MR) is 178 cm³/mol. The molecule has 8 aromatic carbocycles. The maximum atomic E-state index is 6.25. The molecule has 2 nitrogen and oxygen atoms in total. The molecule has 42 heavy (non-hydrogen) atoms. The van der Waals surface area contributed by atoms with Gasteiger partial charge in [-0.05, 0) is 86.2 Å². The molecule has 0 aliphatic rings. The average Bonchev–Trinajstić information content (AvgIpc) is 3.41. The third-order valence-corrected chi connectivity index (χ3v) is 8.58. The van der Waals surface area contributed by atoms with Crippen molar-refractivity contribution >= 4 is 82.1 Å². The van der Waals surface area contributed by atoms with Crippen LogP contribution in [0, 0.1) is 0 Å². The van der Waals surface area contributed by atoms with Crippen LogP contribution < -0.4 is 4.90 Å². The first-order valence-electron chi connectivity index (χ1n) is 14.4. The molecule has 0 fully saturated rings. The van der Waals surface area contributed by atoms with Gasteiger partial charge in [0.15, 0.2) is 0 Å². The minimum atomic E-state index is 0.913. The lowest BCUT2D eigenvalue weighted by Gasteiger charge is -2.27. The van der Waals surface area contributed by atoms with Crippen LogP contribution >= 0.6 is 0 Å². The van der Waals surface area contributed by atoms with Crippen molar-refractivity contribution in [2.75, 3.05) is 4.90 Å². The minimum absolute atomic E-state index is 0.913. The van der Waals surface area contributed by atoms with Gasteiger partial charge in [-0.15, -0.1) is 0 Å². The van der Waals surface area contributed by atoms with Crippen LogP contribution in [0.25, 0.3) is 65.0 Å². The highest BCUT2D eigenvalue weighted by Crippen LogP contribution is 2.43. The number of rotatable bonds is 3. The van der Waals surface area contributed by atoms with E-state index >= 15 is 0 Å². The molecule has 0 spiro atoms. The molecule has 0 unspecified atom stereocenters. The van der Waals surface area contributed by atoms with Crippen molar-refractivity contribution < 1.29 is 4.42 Å². The Balaban J connectivity index is 1.31. The van der Waals surface area contributed by atoms with E-state index in [0.29, 0.717) is 0 Å². The molecule has 0 atom stereocenters. The lowest BCUT2D eigenvalue weighted by atomic mass is 9.95. The summed E-state index contributed by atoms with van der Waals surface area (Å²) in [7, 11) is 0. The van der Waals surface area contributed by atoms with Gasteiger partial charge in [0.1, 0.15) is 11.2 Å². The Labute approximate surface area is 242 Å². The van der Waals surface area contributed by atoms with E-state index in [4.69, 9.17) is 4.42 Å². The molecule has 0 saturated carbocycles. The summed E-state index contributed by atoms with van der Waals surface area (Å²) in [4.78, 5) is 2.38. The summed E-state index contributed by atoms with van der Waals surface area (Å²) in [5.74, 6) is 0. The summed E-state index contributed by atoms with van der Waals surface area (Å²) in [6, 6.07) is 54.4. The Morgan fingerprint density at radius 3 is 2.02 bits per heavy atom. The van der Waals surface area contributed by atoms with Crippen molar-refractivity contribution in [2.45, 2.75) is 0 Å². The van der Waals surface area contributed by atoms with Crippen molar-refractivity contribution in [3.05, 3.63) is 152 Å². The van der Waals surface area contributed by atoms with Crippen LogP contribution in [0.2, 0.25) is 0 Å². The maximum absolute atomic E-state index is 6.25. The second-order valence-corrected chi connectivity index (χ2v) is 11.0. The number of hydrogen-bond acceptors (Lipinski definition) is 2. The second kappa shape index (κ2) is 8.95. The quantitative estimate of drug-likeness (QED) is 0.209. The summed E-state index contributed by atoms with van der Waals surface area (Å²) >= 11 is 0. The number of nitrogens with zero attached hydrogens (tertiary/aromatic N) is 1. The number of para-hydroxylation sites is 2. The van der Waals surface area contributed by atoms with Crippen molar-refractivity contribution in [2.24, 2.45) is 0 Å². The summed E-state index contributed by atoms with van der Waals surface area (Å²) in [6.07, 6.45) is 0. The monoisotopic (exact) mass is 535 g/mol. The zero-order valence-corrected chi connectivity index (χ0v) is 22.8. The number of hydrogen-bond donors (Lipinski definition) is 0. The van der Waals surface area contributed by atoms with E-state index < -0.39 is 0 Å². The van der Waals surface area contributed by atoms with Crippen LogP contribution in [0.1, 0.15) is 0 Å². The van der Waals surface area contributed by atoms with Crippen LogP contribution in [0.5, 0.6) is 0 Å². The molecule has 0 bridgehead atoms. The molecule has 0 amide bonds. The Bertz CT molecular complexity index is 2470. The molecule has 196 valence electrons. The first kappa shape index (κ1) is 23.1. The van der Waals surface area contributed by atoms with Crippen LogP contribution in [0.3, 0.4) is 0 Å². The topological polar surface area (TPSA) is 16.4 Å². The largest absolute Gasteiger partial charge is 0.456 e. The maximum Gasteiger partial charge on any atom is 0.136 e. The molecule has 0 aliphatic heterocycles. The summed E-state index contributed by atoms with van der Waals surface area (Å²) < 4.78 is 6.25. The SMILES string of the molecule is c1ccc(N(c2ccc3cc4c(cc3c2)oc2ccccc24)c2cccc3c2ccc2ccc4ccccc4c23)cc1. The fraction of sp³-hybridized carbons (Fsp3) is 0. The third-order valence-electron chi connectivity index (χ3n) is 8.58. The van der Waals surface area contributed by atoms with Gasteiger partial charge in [-0.3, -0.25) is 0 Å². The van der Waals surface area contributed by atoms with Gasteiger partial charge in [0.2, 0.25) is 0 Å². The number of furan rings is 1. The summed E-state index contributed by atoms with van der Waals surface area (Å²) in [5.41, 5.74) is 5.21. The lowest BCUT2D eigenvalue weighted by Crippen LogP contribution is -2.10. The molecule has 0 radical (unpaired) electrons. The molecule has 0 N–H and O–H groups in total. The number of anilines is 3. The van der Waals surface area contributed by atoms with Gasteiger partial charge in [0.25, 0.3) is 0 Å². The van der Waals surface area contributed by atoms with E-state index in [9.17, 15) is 0 Å². The number of benzene rings is 8. The Morgan fingerprint density at radius 2 is 1.10 bits per heavy atom. The molecule has 9 rings (SSSR count). The Morgan fingerprint density at radius 1 is 0.357 bits per heavy atom. The van der Waals surface area contributed by atoms with Gasteiger partial charge in [-0.1, -0.05) is 103 Å². The van der Waals surface area contributed by atoms with Crippen LogP contribution in [-0.4, -0.2) is 0 Å². The Kier molecular flexibility index (Phi) is 4.93. The number of fused-ring (bicyclic) bond motifs is 9. The highest BCUT2D eigenvalue weighted by atomic mass is 16.3. The average molecular weight is 536 g/mol. The van der Waals surface area contributed by atoms with Gasteiger partial charge in [0, 0.05) is 27.5 Å². The molecule has 0 aliphatic carbocycles. The Hall–Kier alpha value is -5.60. The highest BCUT2D eigenvalue weighted by molar-refractivity contribution is 6.22. The zero-order valence-electron chi connectivity index (χ0n) is 22.8. The molecule has 0 saturated heterocycles. The predicted octanol–water partition coefficient (Wildman–Crippen LogP) is 11.7. The smallest absolute Gasteiger partial charge is 0.136 e. The van der Waals surface area contributed by atoms with Crippen molar-refractivity contribution in [1.29, 1.82) is 0 Å². The molecule has 1 heterocycles. The fourth-order valence-corrected chi connectivity index (χ4v) is 6.64. The van der Waals surface area contributed by atoms with Gasteiger partial charge in [-0.2, -0.15) is 0 Å². The molecular weight excluding hydrogens is 510 g/mol. The van der Waals surface area contributed by atoms with E-state index in [1.54, 1.807) is 0 Å². The minimum Gasteiger partial charge on any atom is -0.456 e. The first-order valence-corrected chi connectivity index (χ1v) is 14.4. The summed E-state index contributed by atoms with van der Waals surface area (Å²) in [6.45, 7) is 0. The molecular formula is C40H25NO. The second-order valence-electron chi connectivity index (χ2n) is 11.0. The van der Waals surface area contributed by atoms with Crippen molar-refractivity contribution in [3.8, 4) is 0 Å². The zero-order chi connectivity index (χ0) is 27.6. The lowest BCUT2D eigenvalue weighted by molar-refractivity contribution is 0.669. The van der Waals surface area contributed by atoms with Crippen molar-refractivity contribution in [3.63, 3.8) is 0 Å². The summed E-state index contributed by atoms with van der Waals surface area (Å²) in [5, 5.41) is 12.2. The van der Waals surface area contributed by atoms with Crippen molar-refractivity contribution in [1.82, 2.24) is 0 Å². The van der Waals surface area contributed by atoms with Crippen LogP contribution in [-0.2, 0) is 0 Å². The van der Waals surface area contributed by atoms with Gasteiger partial charge in [-0.25, -0.2) is 0 Å². The fourth-order valence-electron chi connectivity index (χ4n) is 6.64. The molecule has 9 aromatic rings. The highest BCUT2D eigenvalue weighted by Gasteiger charge is 2.18. The molecule has 2 heteroatoms. The van der Waals surface area contributed by atoms with Gasteiger partial charge < -0.3 is 9.32 Å². The third kappa shape index (κ3) is 3.45. The van der Waals surface area contributed by atoms with E-state index in [-0.39, 0.29) is 0 Å². The van der Waals surface area contributed by atoms with Crippen LogP contribution in [0.15, 0.2) is 156 Å². The first-order chi connectivity index (χ1) is 20.8. The standard InChI is InChI=1S/C40H25NO/c1-2-10-30(11-3-1)41(31-21-19-28-24-36-34-13-6-7-16-38(34)42-39(36)25-29(28)23-31)37-15-8-14-35-33(37)22-20-27-18-17-26-9-4-5-12-32(26)40(27)35/h1-25H. The molecule has 1 aromatic heterocycles. The van der Waals surface area contributed by atoms with Crippen LogP contribution in [0.4, 0.5) is 17.1 Å². The van der Waals surface area contributed by atoms with E-state index in [1.165, 1.54) is 37.7 Å². The van der Waals surface area contributed by atoms with E-state index in [2.05, 4.69) is 144 Å². The van der Waals surface area contributed by atoms with Gasteiger partial charge in [0.05, 0.1) is 5.69 Å².